The van der Waals surface area contributed by atoms with Gasteiger partial charge in [0.05, 0.1) is 5.69 Å². The summed E-state index contributed by atoms with van der Waals surface area (Å²) < 4.78 is 5.17. The molecule has 1 aliphatic carbocycles. The number of hydrogen-bond acceptors (Lipinski definition) is 5. The van der Waals surface area contributed by atoms with Crippen LogP contribution in [-0.2, 0) is 11.2 Å². The first-order valence-electron chi connectivity index (χ1n) is 10.4. The summed E-state index contributed by atoms with van der Waals surface area (Å²) in [6, 6.07) is 8.21. The van der Waals surface area contributed by atoms with Crippen LogP contribution < -0.4 is 10.2 Å². The van der Waals surface area contributed by atoms with Gasteiger partial charge in [-0.15, -0.1) is 0 Å². The maximum absolute atomic E-state index is 12.4. The fourth-order valence-electron chi connectivity index (χ4n) is 3.96. The molecule has 0 unspecified atom stereocenters. The minimum Gasteiger partial charge on any atom is -0.369 e. The highest BCUT2D eigenvalue weighted by Gasteiger charge is 2.26. The summed E-state index contributed by atoms with van der Waals surface area (Å²) in [7, 11) is 0. The lowest BCUT2D eigenvalue weighted by Gasteiger charge is -2.36. The Labute approximate surface area is 166 Å². The van der Waals surface area contributed by atoms with E-state index in [0.29, 0.717) is 12.8 Å². The van der Waals surface area contributed by atoms with E-state index >= 15 is 0 Å². The van der Waals surface area contributed by atoms with Gasteiger partial charge in [0.15, 0.2) is 0 Å². The lowest BCUT2D eigenvalue weighted by molar-refractivity contribution is -0.116. The number of carbonyl (C=O) groups excluding carboxylic acids is 1. The summed E-state index contributed by atoms with van der Waals surface area (Å²) in [5, 5.41) is 6.99. The Morgan fingerprint density at radius 3 is 2.68 bits per heavy atom. The molecule has 2 heterocycles. The van der Waals surface area contributed by atoms with Gasteiger partial charge in [0.25, 0.3) is 0 Å². The van der Waals surface area contributed by atoms with Crippen LogP contribution in [0.5, 0.6) is 0 Å². The predicted molar refractivity (Wildman–Crippen MR) is 111 cm³/mol. The van der Waals surface area contributed by atoms with Gasteiger partial charge in [-0.3, -0.25) is 9.69 Å². The zero-order valence-corrected chi connectivity index (χ0v) is 16.9. The van der Waals surface area contributed by atoms with E-state index in [1.165, 1.54) is 25.1 Å². The zero-order valence-electron chi connectivity index (χ0n) is 16.9. The number of hydrogen-bond donors (Lipinski definition) is 1. The van der Waals surface area contributed by atoms with Crippen molar-refractivity contribution in [2.24, 2.45) is 5.92 Å². The highest BCUT2D eigenvalue weighted by atomic mass is 16.5. The lowest BCUT2D eigenvalue weighted by Crippen LogP contribution is -2.47. The third kappa shape index (κ3) is 4.73. The van der Waals surface area contributed by atoms with E-state index in [-0.39, 0.29) is 5.91 Å². The second-order valence-corrected chi connectivity index (χ2v) is 8.13. The maximum atomic E-state index is 12.4. The minimum atomic E-state index is 0.0198. The first-order chi connectivity index (χ1) is 13.6. The van der Waals surface area contributed by atoms with Gasteiger partial charge >= 0.3 is 0 Å². The molecule has 6 nitrogen and oxygen atoms in total. The van der Waals surface area contributed by atoms with Gasteiger partial charge in [0.2, 0.25) is 5.91 Å². The van der Waals surface area contributed by atoms with E-state index in [9.17, 15) is 4.79 Å². The number of aromatic nitrogens is 1. The number of nitrogens with one attached hydrogen (secondary N) is 1. The summed E-state index contributed by atoms with van der Waals surface area (Å²) in [6.45, 7) is 9.44. The molecule has 1 N–H and O–H groups in total. The van der Waals surface area contributed by atoms with Gasteiger partial charge in [-0.2, -0.15) is 0 Å². The van der Waals surface area contributed by atoms with E-state index < -0.39 is 0 Å². The molecular formula is C22H30N4O2. The molecule has 4 rings (SSSR count). The molecule has 1 aliphatic heterocycles. The van der Waals surface area contributed by atoms with Gasteiger partial charge in [0, 0.05) is 56.1 Å². The van der Waals surface area contributed by atoms with Crippen molar-refractivity contribution in [1.82, 2.24) is 10.1 Å². The molecule has 0 radical (unpaired) electrons. The third-order valence-corrected chi connectivity index (χ3v) is 5.86. The molecular weight excluding hydrogens is 352 g/mol. The van der Waals surface area contributed by atoms with Gasteiger partial charge in [0.1, 0.15) is 5.76 Å². The average molecular weight is 383 g/mol. The summed E-state index contributed by atoms with van der Waals surface area (Å²) in [5.74, 6) is 1.77. The highest BCUT2D eigenvalue weighted by molar-refractivity contribution is 5.91. The quantitative estimate of drug-likeness (QED) is 0.795. The Kier molecular flexibility index (Phi) is 5.67. The summed E-state index contributed by atoms with van der Waals surface area (Å²) in [5.41, 5.74) is 3.96. The molecule has 0 atom stereocenters. The monoisotopic (exact) mass is 382 g/mol. The molecule has 2 aliphatic rings. The van der Waals surface area contributed by atoms with Crippen LogP contribution in [0.25, 0.3) is 0 Å². The number of nitrogens with zero attached hydrogens (tertiary/aromatic N) is 3. The molecule has 2 aromatic rings. The standard InChI is InChI=1S/C22H30N4O2/c1-16-21(17(2)28-24-16)8-9-22(27)23-19-4-3-5-20(14-19)26-12-10-25(11-13-26)15-18-6-7-18/h3-5,14,18H,6-13,15H2,1-2H3,(H,23,27). The van der Waals surface area contributed by atoms with Crippen LogP contribution in [0, 0.1) is 19.8 Å². The van der Waals surface area contributed by atoms with E-state index in [1.54, 1.807) is 0 Å². The SMILES string of the molecule is Cc1noc(C)c1CCC(=O)Nc1cccc(N2CCN(CC3CC3)CC2)c1. The summed E-state index contributed by atoms with van der Waals surface area (Å²) in [4.78, 5) is 17.4. The van der Waals surface area contributed by atoms with Crippen molar-refractivity contribution in [3.05, 3.63) is 41.3 Å². The van der Waals surface area contributed by atoms with Crippen LogP contribution in [0.2, 0.25) is 0 Å². The minimum absolute atomic E-state index is 0.0198. The number of aryl methyl sites for hydroxylation is 2. The molecule has 1 aromatic carbocycles. The van der Waals surface area contributed by atoms with Crippen molar-refractivity contribution in [1.29, 1.82) is 0 Å². The third-order valence-electron chi connectivity index (χ3n) is 5.86. The van der Waals surface area contributed by atoms with Gasteiger partial charge in [-0.05, 0) is 57.2 Å². The molecule has 1 saturated heterocycles. The van der Waals surface area contributed by atoms with Gasteiger partial charge < -0.3 is 14.7 Å². The maximum Gasteiger partial charge on any atom is 0.224 e. The molecule has 6 heteroatoms. The first-order valence-corrected chi connectivity index (χ1v) is 10.4. The van der Waals surface area contributed by atoms with Crippen molar-refractivity contribution in [2.75, 3.05) is 42.9 Å². The highest BCUT2D eigenvalue weighted by Crippen LogP contribution is 2.30. The molecule has 0 spiro atoms. The predicted octanol–water partition coefficient (Wildman–Crippen LogP) is 3.39. The summed E-state index contributed by atoms with van der Waals surface area (Å²) >= 11 is 0. The largest absolute Gasteiger partial charge is 0.369 e. The topological polar surface area (TPSA) is 61.6 Å². The Balaban J connectivity index is 1.29. The van der Waals surface area contributed by atoms with Crippen LogP contribution in [0.4, 0.5) is 11.4 Å². The van der Waals surface area contributed by atoms with Gasteiger partial charge in [-0.1, -0.05) is 11.2 Å². The van der Waals surface area contributed by atoms with E-state index in [4.69, 9.17) is 4.52 Å². The number of anilines is 2. The number of amides is 1. The second-order valence-electron chi connectivity index (χ2n) is 8.13. The van der Waals surface area contributed by atoms with Crippen molar-refractivity contribution in [3.63, 3.8) is 0 Å². The number of carbonyl (C=O) groups is 1. The zero-order chi connectivity index (χ0) is 19.5. The Hall–Kier alpha value is -2.34. The van der Waals surface area contributed by atoms with Crippen LogP contribution >= 0.6 is 0 Å². The lowest BCUT2D eigenvalue weighted by atomic mass is 10.1. The fraction of sp³-hybridized carbons (Fsp3) is 0.545. The normalized spacial score (nSPS) is 17.7. The van der Waals surface area contributed by atoms with Crippen LogP contribution in [0.3, 0.4) is 0 Å². The molecule has 1 aromatic heterocycles. The van der Waals surface area contributed by atoms with Gasteiger partial charge in [-0.25, -0.2) is 0 Å². The molecule has 150 valence electrons. The fourth-order valence-corrected chi connectivity index (χ4v) is 3.96. The Bertz CT molecular complexity index is 800. The molecule has 0 bridgehead atoms. The van der Waals surface area contributed by atoms with E-state index in [0.717, 1.165) is 54.8 Å². The average Bonchev–Trinajstić information content (AvgIpc) is 3.45. The number of piperazine rings is 1. The smallest absolute Gasteiger partial charge is 0.224 e. The molecule has 1 saturated carbocycles. The number of rotatable bonds is 7. The van der Waals surface area contributed by atoms with Crippen LogP contribution in [0.1, 0.15) is 36.3 Å². The van der Waals surface area contributed by atoms with Crippen molar-refractivity contribution in [2.45, 2.75) is 39.5 Å². The Morgan fingerprint density at radius 2 is 2.00 bits per heavy atom. The molecule has 28 heavy (non-hydrogen) atoms. The molecule has 2 fully saturated rings. The van der Waals surface area contributed by atoms with Crippen LogP contribution in [-0.4, -0.2) is 48.7 Å². The van der Waals surface area contributed by atoms with E-state index in [2.05, 4.69) is 32.4 Å². The summed E-state index contributed by atoms with van der Waals surface area (Å²) in [6.07, 6.45) is 3.90. The molecule has 1 amide bonds. The Morgan fingerprint density at radius 1 is 1.21 bits per heavy atom. The second kappa shape index (κ2) is 8.35. The van der Waals surface area contributed by atoms with Crippen molar-refractivity contribution >= 4 is 17.3 Å². The van der Waals surface area contributed by atoms with Crippen LogP contribution in [0.15, 0.2) is 28.8 Å². The van der Waals surface area contributed by atoms with Crippen molar-refractivity contribution < 1.29 is 9.32 Å². The first kappa shape index (κ1) is 19.0. The number of benzene rings is 1. The van der Waals surface area contributed by atoms with E-state index in [1.807, 2.05) is 26.0 Å². The van der Waals surface area contributed by atoms with Crippen molar-refractivity contribution in [3.8, 4) is 0 Å².